The zero-order chi connectivity index (χ0) is 13.3. The van der Waals surface area contributed by atoms with Crippen LogP contribution in [0.25, 0.3) is 0 Å². The molecule has 1 heteroatoms. The van der Waals surface area contributed by atoms with Crippen LogP contribution in [0.3, 0.4) is 0 Å². The second kappa shape index (κ2) is 5.05. The lowest BCUT2D eigenvalue weighted by Crippen LogP contribution is -2.57. The topological polar surface area (TPSA) is 12.0 Å². The standard InChI is InChI=1S/C17H27N/c1-6-17(7-2)15(11-16(17)18-5)14-9-12(3)8-13(4)10-14/h8-10,15-16,18H,6-7,11H2,1-5H3. The van der Waals surface area contributed by atoms with Gasteiger partial charge in [-0.1, -0.05) is 43.2 Å². The summed E-state index contributed by atoms with van der Waals surface area (Å²) in [6.45, 7) is 9.12. The van der Waals surface area contributed by atoms with Gasteiger partial charge in [0.15, 0.2) is 0 Å². The highest BCUT2D eigenvalue weighted by atomic mass is 14.9. The summed E-state index contributed by atoms with van der Waals surface area (Å²) in [5.74, 6) is 0.739. The second-order valence-electron chi connectivity index (χ2n) is 5.99. The van der Waals surface area contributed by atoms with E-state index in [1.165, 1.54) is 30.4 Å². The summed E-state index contributed by atoms with van der Waals surface area (Å²) in [5, 5.41) is 3.52. The van der Waals surface area contributed by atoms with Crippen molar-refractivity contribution in [3.05, 3.63) is 34.9 Å². The number of hydrogen-bond donors (Lipinski definition) is 1. The lowest BCUT2D eigenvalue weighted by molar-refractivity contribution is 0.0245. The van der Waals surface area contributed by atoms with Gasteiger partial charge in [0, 0.05) is 6.04 Å². The first-order valence-electron chi connectivity index (χ1n) is 7.32. The quantitative estimate of drug-likeness (QED) is 0.839. The molecule has 0 spiro atoms. The van der Waals surface area contributed by atoms with Crippen LogP contribution in [0.4, 0.5) is 0 Å². The van der Waals surface area contributed by atoms with E-state index in [1.54, 1.807) is 5.56 Å². The van der Waals surface area contributed by atoms with E-state index in [4.69, 9.17) is 0 Å². The molecular weight excluding hydrogens is 218 g/mol. The van der Waals surface area contributed by atoms with Gasteiger partial charge in [-0.25, -0.2) is 0 Å². The van der Waals surface area contributed by atoms with Crippen LogP contribution in [0.15, 0.2) is 18.2 Å². The minimum Gasteiger partial charge on any atom is -0.316 e. The molecule has 0 radical (unpaired) electrons. The Bertz CT molecular complexity index is 397. The number of hydrogen-bond acceptors (Lipinski definition) is 1. The third-order valence-corrected chi connectivity index (χ3v) is 5.17. The van der Waals surface area contributed by atoms with E-state index in [9.17, 15) is 0 Å². The summed E-state index contributed by atoms with van der Waals surface area (Å²) in [6, 6.07) is 7.75. The zero-order valence-electron chi connectivity index (χ0n) is 12.5. The summed E-state index contributed by atoms with van der Waals surface area (Å²) in [5.41, 5.74) is 4.83. The molecule has 0 aliphatic heterocycles. The van der Waals surface area contributed by atoms with Gasteiger partial charge in [0.1, 0.15) is 0 Å². The molecular formula is C17H27N. The van der Waals surface area contributed by atoms with Crippen LogP contribution < -0.4 is 5.32 Å². The van der Waals surface area contributed by atoms with Crippen LogP contribution >= 0.6 is 0 Å². The third-order valence-electron chi connectivity index (χ3n) is 5.17. The highest BCUT2D eigenvalue weighted by molar-refractivity contribution is 5.35. The number of aryl methyl sites for hydroxylation is 2. The van der Waals surface area contributed by atoms with Crippen LogP contribution in [0.5, 0.6) is 0 Å². The molecule has 0 aromatic heterocycles. The van der Waals surface area contributed by atoms with Gasteiger partial charge in [-0.05, 0) is 57.1 Å². The molecule has 1 fully saturated rings. The maximum absolute atomic E-state index is 3.52. The fourth-order valence-electron chi connectivity index (χ4n) is 4.11. The van der Waals surface area contributed by atoms with E-state index in [-0.39, 0.29) is 0 Å². The van der Waals surface area contributed by atoms with Gasteiger partial charge in [0.25, 0.3) is 0 Å². The average molecular weight is 245 g/mol. The molecule has 0 saturated heterocycles. The van der Waals surface area contributed by atoms with Crippen LogP contribution in [0.1, 0.15) is 55.7 Å². The molecule has 1 nitrogen and oxygen atoms in total. The second-order valence-corrected chi connectivity index (χ2v) is 5.99. The Hall–Kier alpha value is -0.820. The van der Waals surface area contributed by atoms with Crippen LogP contribution in [-0.2, 0) is 0 Å². The van der Waals surface area contributed by atoms with Gasteiger partial charge in [-0.15, -0.1) is 0 Å². The molecule has 2 unspecified atom stereocenters. The average Bonchev–Trinajstić information content (AvgIpc) is 2.29. The van der Waals surface area contributed by atoms with Crippen molar-refractivity contribution in [1.29, 1.82) is 0 Å². The van der Waals surface area contributed by atoms with Crippen molar-refractivity contribution in [2.75, 3.05) is 7.05 Å². The molecule has 1 saturated carbocycles. The van der Waals surface area contributed by atoms with Gasteiger partial charge < -0.3 is 5.32 Å². The number of rotatable bonds is 4. The largest absolute Gasteiger partial charge is 0.316 e. The number of benzene rings is 1. The highest BCUT2D eigenvalue weighted by Gasteiger charge is 2.52. The van der Waals surface area contributed by atoms with Crippen molar-refractivity contribution in [2.45, 2.75) is 58.9 Å². The fraction of sp³-hybridized carbons (Fsp3) is 0.647. The van der Waals surface area contributed by atoms with E-state index in [1.807, 2.05) is 0 Å². The minimum atomic E-state index is 0.467. The van der Waals surface area contributed by atoms with E-state index in [0.29, 0.717) is 11.5 Å². The molecule has 0 heterocycles. The van der Waals surface area contributed by atoms with Crippen molar-refractivity contribution in [3.63, 3.8) is 0 Å². The lowest BCUT2D eigenvalue weighted by Gasteiger charge is -2.56. The Kier molecular flexibility index (Phi) is 3.82. The predicted octanol–water partition coefficient (Wildman–Crippen LogP) is 4.19. The molecule has 1 aliphatic rings. The molecule has 0 amide bonds. The van der Waals surface area contributed by atoms with Gasteiger partial charge in [-0.3, -0.25) is 0 Å². The normalized spacial score (nSPS) is 25.8. The van der Waals surface area contributed by atoms with Crippen molar-refractivity contribution in [1.82, 2.24) is 5.32 Å². The maximum atomic E-state index is 3.52. The Balaban J connectivity index is 2.34. The van der Waals surface area contributed by atoms with Crippen molar-refractivity contribution in [3.8, 4) is 0 Å². The minimum absolute atomic E-state index is 0.467. The van der Waals surface area contributed by atoms with E-state index < -0.39 is 0 Å². The molecule has 2 rings (SSSR count). The molecule has 2 atom stereocenters. The van der Waals surface area contributed by atoms with Crippen molar-refractivity contribution in [2.24, 2.45) is 5.41 Å². The monoisotopic (exact) mass is 245 g/mol. The molecule has 100 valence electrons. The Morgan fingerprint density at radius 3 is 2.11 bits per heavy atom. The van der Waals surface area contributed by atoms with Gasteiger partial charge in [-0.2, -0.15) is 0 Å². The molecule has 0 bridgehead atoms. The molecule has 1 aromatic rings. The molecule has 1 aliphatic carbocycles. The first kappa shape index (κ1) is 13.6. The first-order valence-corrected chi connectivity index (χ1v) is 7.32. The zero-order valence-corrected chi connectivity index (χ0v) is 12.5. The summed E-state index contributed by atoms with van der Waals surface area (Å²) in [6.07, 6.45) is 3.83. The molecule has 1 aromatic carbocycles. The van der Waals surface area contributed by atoms with Gasteiger partial charge in [0.2, 0.25) is 0 Å². The predicted molar refractivity (Wildman–Crippen MR) is 79.1 cm³/mol. The number of nitrogens with one attached hydrogen (secondary N) is 1. The first-order chi connectivity index (χ1) is 8.57. The summed E-state index contributed by atoms with van der Waals surface area (Å²) in [4.78, 5) is 0. The third kappa shape index (κ3) is 1.99. The van der Waals surface area contributed by atoms with E-state index in [2.05, 4.69) is 58.3 Å². The maximum Gasteiger partial charge on any atom is 0.0132 e. The highest BCUT2D eigenvalue weighted by Crippen LogP contribution is 2.57. The lowest BCUT2D eigenvalue weighted by atomic mass is 9.51. The van der Waals surface area contributed by atoms with Crippen LogP contribution in [0, 0.1) is 19.3 Å². The SMILES string of the molecule is CCC1(CC)C(NC)CC1c1cc(C)cc(C)c1. The van der Waals surface area contributed by atoms with Gasteiger partial charge in [0.05, 0.1) is 0 Å². The fourth-order valence-corrected chi connectivity index (χ4v) is 4.11. The van der Waals surface area contributed by atoms with Crippen molar-refractivity contribution >= 4 is 0 Å². The van der Waals surface area contributed by atoms with Crippen LogP contribution in [-0.4, -0.2) is 13.1 Å². The van der Waals surface area contributed by atoms with E-state index in [0.717, 1.165) is 5.92 Å². The van der Waals surface area contributed by atoms with Crippen LogP contribution in [0.2, 0.25) is 0 Å². The Labute approximate surface area is 112 Å². The Morgan fingerprint density at radius 2 is 1.67 bits per heavy atom. The Morgan fingerprint density at radius 1 is 1.11 bits per heavy atom. The van der Waals surface area contributed by atoms with Gasteiger partial charge >= 0.3 is 0 Å². The summed E-state index contributed by atoms with van der Waals surface area (Å²) < 4.78 is 0. The molecule has 1 N–H and O–H groups in total. The summed E-state index contributed by atoms with van der Waals surface area (Å²) in [7, 11) is 2.11. The summed E-state index contributed by atoms with van der Waals surface area (Å²) >= 11 is 0. The smallest absolute Gasteiger partial charge is 0.0132 e. The molecule has 18 heavy (non-hydrogen) atoms. The van der Waals surface area contributed by atoms with E-state index >= 15 is 0 Å². The van der Waals surface area contributed by atoms with Crippen molar-refractivity contribution < 1.29 is 0 Å².